The lowest BCUT2D eigenvalue weighted by molar-refractivity contribution is 0.101. The molecule has 0 saturated carbocycles. The molecule has 0 unspecified atom stereocenters. The first-order valence-electron chi connectivity index (χ1n) is 11.7. The standard InChI is InChI=1S/C28H24N2O6S4/c1-39(33,34)21-15-11-19(12-16-21)29-27(31)23-7-3-5-9-25(23)37-38-26-10-6-4-8-24(26)28(32)30-20-13-17-22(18-14-20)40(2,35)36/h3-18H,1-2H3,(H,29,31)(H,30,32). The molecule has 0 fully saturated rings. The van der Waals surface area contributed by atoms with Gasteiger partial charge in [-0.05, 0) is 72.8 Å². The minimum Gasteiger partial charge on any atom is -0.322 e. The van der Waals surface area contributed by atoms with Gasteiger partial charge in [-0.15, -0.1) is 0 Å². The van der Waals surface area contributed by atoms with Gasteiger partial charge in [0.25, 0.3) is 11.8 Å². The molecule has 206 valence electrons. The van der Waals surface area contributed by atoms with Gasteiger partial charge in [0, 0.05) is 33.7 Å². The highest BCUT2D eigenvalue weighted by molar-refractivity contribution is 8.76. The number of rotatable bonds is 9. The monoisotopic (exact) mass is 612 g/mol. The van der Waals surface area contributed by atoms with E-state index in [9.17, 15) is 26.4 Å². The minimum atomic E-state index is -3.34. The van der Waals surface area contributed by atoms with E-state index in [4.69, 9.17) is 0 Å². The Bertz CT molecular complexity index is 1640. The van der Waals surface area contributed by atoms with Crippen LogP contribution in [0.25, 0.3) is 0 Å². The second-order valence-corrected chi connectivity index (χ2v) is 14.9. The van der Waals surface area contributed by atoms with Crippen molar-refractivity contribution in [3.8, 4) is 0 Å². The first kappa shape index (κ1) is 29.4. The van der Waals surface area contributed by atoms with E-state index in [2.05, 4.69) is 10.6 Å². The fourth-order valence-corrected chi connectivity index (χ4v) is 7.13. The van der Waals surface area contributed by atoms with Crippen molar-refractivity contribution in [3.05, 3.63) is 108 Å². The quantitative estimate of drug-likeness (QED) is 0.227. The third-order valence-corrected chi connectivity index (χ3v) is 10.3. The van der Waals surface area contributed by atoms with E-state index in [1.54, 1.807) is 48.5 Å². The number of carbonyl (C=O) groups excluding carboxylic acids is 2. The molecule has 0 atom stereocenters. The highest BCUT2D eigenvalue weighted by Gasteiger charge is 2.17. The molecular formula is C28H24N2O6S4. The molecule has 4 aromatic carbocycles. The maximum absolute atomic E-state index is 13.0. The van der Waals surface area contributed by atoms with Crippen LogP contribution in [0.1, 0.15) is 20.7 Å². The highest BCUT2D eigenvalue weighted by atomic mass is 33.1. The number of amides is 2. The molecule has 12 heteroatoms. The Kier molecular flexibility index (Phi) is 9.04. The summed E-state index contributed by atoms with van der Waals surface area (Å²) in [6.45, 7) is 0. The highest BCUT2D eigenvalue weighted by Crippen LogP contribution is 2.40. The molecule has 0 aliphatic rings. The number of sulfone groups is 2. The molecule has 2 N–H and O–H groups in total. The smallest absolute Gasteiger partial charge is 0.256 e. The second kappa shape index (κ2) is 12.3. The van der Waals surface area contributed by atoms with Gasteiger partial charge in [0.15, 0.2) is 19.7 Å². The molecule has 0 heterocycles. The van der Waals surface area contributed by atoms with Gasteiger partial charge in [-0.1, -0.05) is 45.9 Å². The van der Waals surface area contributed by atoms with Crippen molar-refractivity contribution < 1.29 is 26.4 Å². The van der Waals surface area contributed by atoms with E-state index < -0.39 is 19.7 Å². The zero-order chi connectivity index (χ0) is 28.9. The van der Waals surface area contributed by atoms with Crippen LogP contribution in [0.5, 0.6) is 0 Å². The van der Waals surface area contributed by atoms with Crippen LogP contribution in [0.2, 0.25) is 0 Å². The van der Waals surface area contributed by atoms with Gasteiger partial charge in [-0.2, -0.15) is 0 Å². The molecule has 0 saturated heterocycles. The minimum absolute atomic E-state index is 0.159. The van der Waals surface area contributed by atoms with Crippen molar-refractivity contribution in [1.82, 2.24) is 0 Å². The summed E-state index contributed by atoms with van der Waals surface area (Å²) in [6.07, 6.45) is 2.23. The summed E-state index contributed by atoms with van der Waals surface area (Å²) in [5.74, 6) is -0.723. The van der Waals surface area contributed by atoms with E-state index in [0.717, 1.165) is 12.5 Å². The lowest BCUT2D eigenvalue weighted by Crippen LogP contribution is -2.13. The van der Waals surface area contributed by atoms with Crippen molar-refractivity contribution in [2.24, 2.45) is 0 Å². The molecule has 0 aliphatic heterocycles. The van der Waals surface area contributed by atoms with Crippen LogP contribution < -0.4 is 10.6 Å². The van der Waals surface area contributed by atoms with Crippen molar-refractivity contribution in [2.75, 3.05) is 23.1 Å². The average Bonchev–Trinajstić information content (AvgIpc) is 2.92. The van der Waals surface area contributed by atoms with Crippen molar-refractivity contribution in [3.63, 3.8) is 0 Å². The zero-order valence-corrected chi connectivity index (χ0v) is 24.6. The van der Waals surface area contributed by atoms with Crippen LogP contribution in [0.4, 0.5) is 11.4 Å². The van der Waals surface area contributed by atoms with Crippen LogP contribution in [0.15, 0.2) is 117 Å². The second-order valence-electron chi connectivity index (χ2n) is 8.66. The van der Waals surface area contributed by atoms with Crippen LogP contribution >= 0.6 is 21.6 Å². The molecule has 0 aromatic heterocycles. The zero-order valence-electron chi connectivity index (χ0n) is 21.3. The maximum Gasteiger partial charge on any atom is 0.256 e. The van der Waals surface area contributed by atoms with Gasteiger partial charge in [-0.3, -0.25) is 9.59 Å². The Morgan fingerprint density at radius 2 is 0.850 bits per heavy atom. The number of carbonyl (C=O) groups is 2. The number of benzene rings is 4. The van der Waals surface area contributed by atoms with Crippen LogP contribution in [-0.2, 0) is 19.7 Å². The fraction of sp³-hybridized carbons (Fsp3) is 0.0714. The van der Waals surface area contributed by atoms with E-state index >= 15 is 0 Å². The largest absolute Gasteiger partial charge is 0.322 e. The lowest BCUT2D eigenvalue weighted by atomic mass is 10.2. The molecule has 0 aliphatic carbocycles. The molecule has 4 aromatic rings. The number of hydrogen-bond acceptors (Lipinski definition) is 8. The SMILES string of the molecule is CS(=O)(=O)c1ccc(NC(=O)c2ccccc2SSc2ccccc2C(=O)Nc2ccc(S(C)(=O)=O)cc2)cc1. The summed E-state index contributed by atoms with van der Waals surface area (Å²) >= 11 is 0. The molecular weight excluding hydrogens is 589 g/mol. The predicted molar refractivity (Wildman–Crippen MR) is 160 cm³/mol. The first-order valence-corrected chi connectivity index (χ1v) is 17.6. The topological polar surface area (TPSA) is 126 Å². The maximum atomic E-state index is 13.0. The molecule has 4 rings (SSSR count). The Labute approximate surface area is 240 Å². The van der Waals surface area contributed by atoms with Gasteiger partial charge in [0.2, 0.25) is 0 Å². The number of hydrogen-bond donors (Lipinski definition) is 2. The fourth-order valence-electron chi connectivity index (χ4n) is 3.51. The van der Waals surface area contributed by atoms with Crippen LogP contribution in [-0.4, -0.2) is 41.2 Å². The third kappa shape index (κ3) is 7.54. The third-order valence-electron chi connectivity index (χ3n) is 5.57. The normalized spacial score (nSPS) is 11.6. The molecule has 0 bridgehead atoms. The Morgan fingerprint density at radius 3 is 1.18 bits per heavy atom. The predicted octanol–water partition coefficient (Wildman–Crippen LogP) is 5.80. The summed E-state index contributed by atoms with van der Waals surface area (Å²) < 4.78 is 46.7. The summed E-state index contributed by atoms with van der Waals surface area (Å²) in [5.41, 5.74) is 1.74. The van der Waals surface area contributed by atoms with Gasteiger partial charge >= 0.3 is 0 Å². The van der Waals surface area contributed by atoms with Gasteiger partial charge in [0.1, 0.15) is 0 Å². The van der Waals surface area contributed by atoms with E-state index in [1.807, 2.05) is 0 Å². The van der Waals surface area contributed by atoms with Gasteiger partial charge in [-0.25, -0.2) is 16.8 Å². The molecule has 0 spiro atoms. The molecule has 2 amide bonds. The van der Waals surface area contributed by atoms with E-state index in [-0.39, 0.29) is 21.6 Å². The van der Waals surface area contributed by atoms with Crippen molar-refractivity contribution >= 4 is 64.5 Å². The Morgan fingerprint density at radius 1 is 0.525 bits per heavy atom. The van der Waals surface area contributed by atoms with E-state index in [0.29, 0.717) is 32.3 Å². The van der Waals surface area contributed by atoms with E-state index in [1.165, 1.54) is 70.1 Å². The summed E-state index contributed by atoms with van der Waals surface area (Å²) in [6, 6.07) is 25.9. The Balaban J connectivity index is 1.47. The summed E-state index contributed by atoms with van der Waals surface area (Å²) in [4.78, 5) is 27.7. The number of nitrogens with one attached hydrogen (secondary N) is 2. The lowest BCUT2D eigenvalue weighted by Gasteiger charge is -2.12. The first-order chi connectivity index (χ1) is 18.9. The van der Waals surface area contributed by atoms with Crippen LogP contribution in [0, 0.1) is 0 Å². The van der Waals surface area contributed by atoms with Crippen molar-refractivity contribution in [1.29, 1.82) is 0 Å². The molecule has 40 heavy (non-hydrogen) atoms. The summed E-state index contributed by atoms with van der Waals surface area (Å²) in [7, 11) is -4.05. The van der Waals surface area contributed by atoms with Crippen molar-refractivity contribution in [2.45, 2.75) is 19.6 Å². The van der Waals surface area contributed by atoms with Crippen LogP contribution in [0.3, 0.4) is 0 Å². The van der Waals surface area contributed by atoms with Gasteiger partial charge in [0.05, 0.1) is 20.9 Å². The Hall–Kier alpha value is -3.58. The van der Waals surface area contributed by atoms with Gasteiger partial charge < -0.3 is 10.6 Å². The number of anilines is 2. The summed E-state index contributed by atoms with van der Waals surface area (Å²) in [5, 5.41) is 5.57. The molecule has 0 radical (unpaired) electrons. The average molecular weight is 613 g/mol. The molecule has 8 nitrogen and oxygen atoms in total.